The molecule has 0 aliphatic heterocycles. The lowest BCUT2D eigenvalue weighted by molar-refractivity contribution is 1.21. The van der Waals surface area contributed by atoms with Gasteiger partial charge in [-0.2, -0.15) is 0 Å². The standard InChI is InChI=1S/C2HCl4S/c3-1(7)2(4,5)6/h1H. The Hall–Kier alpha value is 1.51. The first kappa shape index (κ1) is 8.51. The second kappa shape index (κ2) is 2.88. The topological polar surface area (TPSA) is 0 Å². The molecule has 0 amide bonds. The zero-order chi connectivity index (χ0) is 6.08. The van der Waals surface area contributed by atoms with Gasteiger partial charge in [0.15, 0.2) is 0 Å². The van der Waals surface area contributed by atoms with E-state index < -0.39 is 8.50 Å². The van der Waals surface area contributed by atoms with Crippen LogP contribution < -0.4 is 0 Å². The lowest BCUT2D eigenvalue weighted by Crippen LogP contribution is -2.11. The van der Waals surface area contributed by atoms with Gasteiger partial charge in [-0.15, -0.1) is 11.6 Å². The average molecular weight is 199 g/mol. The van der Waals surface area contributed by atoms with Crippen LogP contribution in [0, 0.1) is 0 Å². The summed E-state index contributed by atoms with van der Waals surface area (Å²) in [5, 5.41) is 0. The van der Waals surface area contributed by atoms with Gasteiger partial charge in [0.1, 0.15) is 4.71 Å². The van der Waals surface area contributed by atoms with Gasteiger partial charge in [0.25, 0.3) is 0 Å². The van der Waals surface area contributed by atoms with Crippen LogP contribution in [0.4, 0.5) is 0 Å². The number of rotatable bonds is 0. The van der Waals surface area contributed by atoms with E-state index in [2.05, 4.69) is 12.6 Å². The number of hydrogen-bond acceptors (Lipinski definition) is 0. The zero-order valence-electron chi connectivity index (χ0n) is 3.00. The van der Waals surface area contributed by atoms with Crippen molar-refractivity contribution >= 4 is 59.0 Å². The van der Waals surface area contributed by atoms with Crippen LogP contribution in [0.1, 0.15) is 0 Å². The van der Waals surface area contributed by atoms with E-state index in [9.17, 15) is 0 Å². The molecule has 0 heterocycles. The predicted octanol–water partition coefficient (Wildman–Crippen LogP) is 3.12. The first-order valence-electron chi connectivity index (χ1n) is 1.31. The third kappa shape index (κ3) is 4.04. The van der Waals surface area contributed by atoms with Crippen molar-refractivity contribution in [3.8, 4) is 0 Å². The molecule has 1 atom stereocenters. The van der Waals surface area contributed by atoms with E-state index in [1.54, 1.807) is 0 Å². The molecule has 7 heavy (non-hydrogen) atoms. The Kier molecular flexibility index (Phi) is 3.50. The van der Waals surface area contributed by atoms with Crippen molar-refractivity contribution in [2.24, 2.45) is 0 Å². The zero-order valence-corrected chi connectivity index (χ0v) is 6.84. The van der Waals surface area contributed by atoms with Gasteiger partial charge in [-0.05, 0) is 0 Å². The molecular weight excluding hydrogens is 198 g/mol. The van der Waals surface area contributed by atoms with Crippen LogP contribution in [0.5, 0.6) is 0 Å². The first-order valence-corrected chi connectivity index (χ1v) is 3.35. The molecule has 0 N–H and O–H groups in total. The molecule has 0 aliphatic carbocycles. The van der Waals surface area contributed by atoms with Crippen molar-refractivity contribution < 1.29 is 0 Å². The summed E-state index contributed by atoms with van der Waals surface area (Å²) in [7, 11) is 0. The van der Waals surface area contributed by atoms with E-state index >= 15 is 0 Å². The highest BCUT2D eigenvalue weighted by Gasteiger charge is 2.27. The van der Waals surface area contributed by atoms with E-state index in [0.717, 1.165) is 0 Å². The molecule has 1 radical (unpaired) electrons. The molecule has 0 saturated heterocycles. The molecular formula is C2HCl4S. The van der Waals surface area contributed by atoms with Gasteiger partial charge >= 0.3 is 0 Å². The SMILES string of the molecule is [S]C(Cl)C(Cl)(Cl)Cl. The van der Waals surface area contributed by atoms with E-state index in [1.807, 2.05) is 0 Å². The summed E-state index contributed by atoms with van der Waals surface area (Å²) in [6.45, 7) is 0. The molecule has 0 aliphatic rings. The van der Waals surface area contributed by atoms with Crippen molar-refractivity contribution in [2.75, 3.05) is 0 Å². The Morgan fingerprint density at radius 2 is 1.43 bits per heavy atom. The fourth-order valence-corrected chi connectivity index (χ4v) is 0. The minimum Gasteiger partial charge on any atom is -0.105 e. The highest BCUT2D eigenvalue weighted by Crippen LogP contribution is 2.35. The molecule has 0 aromatic carbocycles. The van der Waals surface area contributed by atoms with Crippen molar-refractivity contribution in [3.63, 3.8) is 0 Å². The second-order valence-electron chi connectivity index (χ2n) is 0.858. The summed E-state index contributed by atoms with van der Waals surface area (Å²) in [4.78, 5) is 0. The van der Waals surface area contributed by atoms with Crippen LogP contribution in [0.25, 0.3) is 0 Å². The van der Waals surface area contributed by atoms with E-state index in [4.69, 9.17) is 46.4 Å². The Labute approximate surface area is 67.5 Å². The Bertz CT molecular complexity index is 55.2. The Morgan fingerprint density at radius 3 is 1.43 bits per heavy atom. The van der Waals surface area contributed by atoms with Crippen LogP contribution in [-0.4, -0.2) is 8.50 Å². The van der Waals surface area contributed by atoms with Gasteiger partial charge < -0.3 is 0 Å². The smallest absolute Gasteiger partial charge is 0.105 e. The summed E-state index contributed by atoms with van der Waals surface area (Å²) in [6, 6.07) is 0. The predicted molar refractivity (Wildman–Crippen MR) is 37.5 cm³/mol. The number of alkyl halides is 4. The highest BCUT2D eigenvalue weighted by atomic mass is 35.6. The quantitative estimate of drug-likeness (QED) is 0.525. The molecule has 5 heteroatoms. The summed E-state index contributed by atoms with van der Waals surface area (Å²) in [5.74, 6) is 0. The van der Waals surface area contributed by atoms with E-state index in [-0.39, 0.29) is 0 Å². The van der Waals surface area contributed by atoms with Crippen LogP contribution in [-0.2, 0) is 0 Å². The normalized spacial score (nSPS) is 16.7. The Morgan fingerprint density at radius 1 is 1.29 bits per heavy atom. The van der Waals surface area contributed by atoms with Gasteiger partial charge in [0, 0.05) is 0 Å². The number of halogens is 4. The molecule has 0 fully saturated rings. The third-order valence-corrected chi connectivity index (χ3v) is 2.32. The van der Waals surface area contributed by atoms with E-state index in [1.165, 1.54) is 0 Å². The van der Waals surface area contributed by atoms with Crippen LogP contribution >= 0.6 is 59.0 Å². The van der Waals surface area contributed by atoms with Crippen molar-refractivity contribution in [3.05, 3.63) is 0 Å². The average Bonchev–Trinajstić information content (AvgIpc) is 1.31. The molecule has 0 rings (SSSR count). The molecule has 0 saturated carbocycles. The second-order valence-corrected chi connectivity index (χ2v) is 4.39. The molecule has 0 spiro atoms. The Balaban J connectivity index is 3.54. The van der Waals surface area contributed by atoms with Crippen LogP contribution in [0.3, 0.4) is 0 Å². The van der Waals surface area contributed by atoms with Gasteiger partial charge in [-0.3, -0.25) is 0 Å². The molecule has 0 aromatic rings. The molecule has 43 valence electrons. The van der Waals surface area contributed by atoms with Crippen LogP contribution in [0.2, 0.25) is 0 Å². The van der Waals surface area contributed by atoms with E-state index in [0.29, 0.717) is 0 Å². The minimum atomic E-state index is -1.50. The monoisotopic (exact) mass is 197 g/mol. The highest BCUT2D eigenvalue weighted by molar-refractivity contribution is 7.82. The summed E-state index contributed by atoms with van der Waals surface area (Å²) in [6.07, 6.45) is 0. The molecule has 0 bridgehead atoms. The van der Waals surface area contributed by atoms with Crippen molar-refractivity contribution in [2.45, 2.75) is 8.50 Å². The molecule has 1 unspecified atom stereocenters. The van der Waals surface area contributed by atoms with Crippen LogP contribution in [0.15, 0.2) is 0 Å². The summed E-state index contributed by atoms with van der Waals surface area (Å²) >= 11 is 25.0. The fourth-order valence-electron chi connectivity index (χ4n) is 0. The fraction of sp³-hybridized carbons (Fsp3) is 1.00. The maximum absolute atomic E-state index is 5.17. The maximum Gasteiger partial charge on any atom is 0.216 e. The summed E-state index contributed by atoms with van der Waals surface area (Å²) in [5.41, 5.74) is 0. The van der Waals surface area contributed by atoms with Crippen molar-refractivity contribution in [1.82, 2.24) is 0 Å². The van der Waals surface area contributed by atoms with Gasteiger partial charge in [-0.1, -0.05) is 47.4 Å². The minimum absolute atomic E-state index is 0.850. The van der Waals surface area contributed by atoms with Crippen molar-refractivity contribution in [1.29, 1.82) is 0 Å². The molecule has 0 aromatic heterocycles. The lowest BCUT2D eigenvalue weighted by Gasteiger charge is -2.09. The third-order valence-electron chi connectivity index (χ3n) is 0.257. The first-order chi connectivity index (χ1) is 2.94. The van der Waals surface area contributed by atoms with Gasteiger partial charge in [0.05, 0.1) is 0 Å². The number of hydrogen-bond donors (Lipinski definition) is 0. The largest absolute Gasteiger partial charge is 0.216 e. The summed E-state index contributed by atoms with van der Waals surface area (Å²) < 4.78 is -2.35. The van der Waals surface area contributed by atoms with Gasteiger partial charge in [0.2, 0.25) is 3.79 Å². The van der Waals surface area contributed by atoms with Gasteiger partial charge in [-0.25, -0.2) is 0 Å². The molecule has 0 nitrogen and oxygen atoms in total. The maximum atomic E-state index is 5.17. The lowest BCUT2D eigenvalue weighted by atomic mass is 10.9.